The zero-order valence-corrected chi connectivity index (χ0v) is 8.95. The largest absolute Gasteiger partial charge is 1.00 e. The number of aromatic nitrogens is 1. The van der Waals surface area contributed by atoms with Gasteiger partial charge in [-0.05, 0) is 12.5 Å². The van der Waals surface area contributed by atoms with Crippen LogP contribution in [-0.2, 0) is 7.05 Å². The molecule has 60 valence electrons. The summed E-state index contributed by atoms with van der Waals surface area (Å²) in [7, 11) is 2.01. The van der Waals surface area contributed by atoms with Gasteiger partial charge in [0.25, 0.3) is 0 Å². The van der Waals surface area contributed by atoms with Crippen LogP contribution in [0.2, 0.25) is 0 Å². The highest BCUT2D eigenvalue weighted by atomic mass is 127. The maximum Gasteiger partial charge on any atom is 0.169 e. The van der Waals surface area contributed by atoms with Gasteiger partial charge in [-0.2, -0.15) is 0 Å². The second-order valence-electron chi connectivity index (χ2n) is 2.30. The SMILES string of the molecule is CC=Cc1cc[n+](C)cc1.[I-]. The number of halogens is 1. The Morgan fingerprint density at radius 1 is 1.27 bits per heavy atom. The molecule has 1 heterocycles. The van der Waals surface area contributed by atoms with Gasteiger partial charge in [0, 0.05) is 12.1 Å². The molecule has 1 rings (SSSR count). The van der Waals surface area contributed by atoms with Gasteiger partial charge >= 0.3 is 0 Å². The number of hydrogen-bond donors (Lipinski definition) is 0. The summed E-state index contributed by atoms with van der Waals surface area (Å²) in [6.07, 6.45) is 8.19. The fourth-order valence-electron chi connectivity index (χ4n) is 0.816. The molecule has 0 saturated heterocycles. The minimum Gasteiger partial charge on any atom is -1.00 e. The molecule has 0 fully saturated rings. The molecule has 2 heteroatoms. The van der Waals surface area contributed by atoms with Gasteiger partial charge in [-0.25, -0.2) is 4.57 Å². The summed E-state index contributed by atoms with van der Waals surface area (Å²) in [5.74, 6) is 0. The molecule has 0 N–H and O–H groups in total. The van der Waals surface area contributed by atoms with Crippen molar-refractivity contribution < 1.29 is 28.5 Å². The van der Waals surface area contributed by atoms with Crippen molar-refractivity contribution in [2.75, 3.05) is 0 Å². The van der Waals surface area contributed by atoms with Crippen LogP contribution in [0.4, 0.5) is 0 Å². The normalized spacial score (nSPS) is 9.64. The molecule has 0 radical (unpaired) electrons. The zero-order chi connectivity index (χ0) is 7.40. The molecule has 11 heavy (non-hydrogen) atoms. The van der Waals surface area contributed by atoms with E-state index in [1.54, 1.807) is 0 Å². The first-order valence-corrected chi connectivity index (χ1v) is 3.41. The molecule has 1 aromatic rings. The smallest absolute Gasteiger partial charge is 0.169 e. The predicted molar refractivity (Wildman–Crippen MR) is 42.3 cm³/mol. The molecule has 1 aromatic heterocycles. The van der Waals surface area contributed by atoms with E-state index < -0.39 is 0 Å². The molecule has 0 unspecified atom stereocenters. The number of allylic oxidation sites excluding steroid dienone is 1. The molecule has 0 amide bonds. The number of hydrogen-bond acceptors (Lipinski definition) is 0. The Kier molecular flexibility index (Phi) is 5.11. The molecule has 0 bridgehead atoms. The second kappa shape index (κ2) is 5.29. The van der Waals surface area contributed by atoms with E-state index in [0.29, 0.717) is 0 Å². The molecular weight excluding hydrogens is 249 g/mol. The summed E-state index contributed by atoms with van der Waals surface area (Å²) in [5.41, 5.74) is 1.25. The molecule has 0 aliphatic rings. The summed E-state index contributed by atoms with van der Waals surface area (Å²) >= 11 is 0. The van der Waals surface area contributed by atoms with E-state index in [-0.39, 0.29) is 24.0 Å². The maximum absolute atomic E-state index is 2.08. The Morgan fingerprint density at radius 3 is 2.27 bits per heavy atom. The molecule has 0 aliphatic heterocycles. The van der Waals surface area contributed by atoms with Crippen LogP contribution in [0.3, 0.4) is 0 Å². The van der Waals surface area contributed by atoms with Gasteiger partial charge in [0.1, 0.15) is 7.05 Å². The summed E-state index contributed by atoms with van der Waals surface area (Å²) in [6, 6.07) is 4.17. The van der Waals surface area contributed by atoms with Crippen LogP contribution in [0.5, 0.6) is 0 Å². The van der Waals surface area contributed by atoms with E-state index >= 15 is 0 Å². The molecule has 0 aromatic carbocycles. The fraction of sp³-hybridized carbons (Fsp3) is 0.222. The van der Waals surface area contributed by atoms with Crippen molar-refractivity contribution in [2.24, 2.45) is 7.05 Å². The minimum atomic E-state index is 0. The van der Waals surface area contributed by atoms with Crippen molar-refractivity contribution in [3.63, 3.8) is 0 Å². The number of pyridine rings is 1. The quantitative estimate of drug-likeness (QED) is 0.430. The molecule has 0 spiro atoms. The van der Waals surface area contributed by atoms with Gasteiger partial charge in [-0.3, -0.25) is 0 Å². The lowest BCUT2D eigenvalue weighted by atomic mass is 10.2. The van der Waals surface area contributed by atoms with Gasteiger partial charge in [0.2, 0.25) is 0 Å². The van der Waals surface area contributed by atoms with Crippen LogP contribution in [0.15, 0.2) is 30.6 Å². The Labute approximate surface area is 84.8 Å². The highest BCUT2D eigenvalue weighted by Gasteiger charge is 1.88. The minimum absolute atomic E-state index is 0. The average Bonchev–Trinajstić information content (AvgIpc) is 1.95. The van der Waals surface area contributed by atoms with Crippen molar-refractivity contribution in [1.29, 1.82) is 0 Å². The van der Waals surface area contributed by atoms with Gasteiger partial charge in [-0.1, -0.05) is 12.2 Å². The fourth-order valence-corrected chi connectivity index (χ4v) is 0.816. The van der Waals surface area contributed by atoms with Crippen LogP contribution in [-0.4, -0.2) is 0 Å². The van der Waals surface area contributed by atoms with Crippen molar-refractivity contribution >= 4 is 6.08 Å². The highest BCUT2D eigenvalue weighted by molar-refractivity contribution is 5.46. The maximum atomic E-state index is 2.08. The highest BCUT2D eigenvalue weighted by Crippen LogP contribution is 1.96. The summed E-state index contributed by atoms with van der Waals surface area (Å²) in [6.45, 7) is 2.02. The van der Waals surface area contributed by atoms with E-state index in [0.717, 1.165) is 0 Å². The Balaban J connectivity index is 0.000001000. The lowest BCUT2D eigenvalue weighted by Gasteiger charge is -1.88. The van der Waals surface area contributed by atoms with Gasteiger partial charge in [-0.15, -0.1) is 0 Å². The number of nitrogens with zero attached hydrogens (tertiary/aromatic N) is 1. The summed E-state index contributed by atoms with van der Waals surface area (Å²) in [5, 5.41) is 0. The second-order valence-corrected chi connectivity index (χ2v) is 2.30. The molecule has 0 aliphatic carbocycles. The predicted octanol–water partition coefficient (Wildman–Crippen LogP) is -1.45. The molecule has 0 atom stereocenters. The standard InChI is InChI=1S/C9H12N.HI/c1-3-4-9-5-7-10(2)8-6-9;/h3-8H,1-2H3;1H/q+1;/p-1. The van der Waals surface area contributed by atoms with E-state index in [9.17, 15) is 0 Å². The third-order valence-corrected chi connectivity index (χ3v) is 1.36. The van der Waals surface area contributed by atoms with Crippen molar-refractivity contribution in [3.05, 3.63) is 36.2 Å². The molecule has 1 nitrogen and oxygen atoms in total. The molecular formula is C9H12IN. The van der Waals surface area contributed by atoms with Crippen LogP contribution in [0, 0.1) is 0 Å². The average molecular weight is 261 g/mol. The van der Waals surface area contributed by atoms with Crippen molar-refractivity contribution in [1.82, 2.24) is 0 Å². The lowest BCUT2D eigenvalue weighted by molar-refractivity contribution is -0.671. The van der Waals surface area contributed by atoms with E-state index in [1.807, 2.05) is 37.0 Å². The van der Waals surface area contributed by atoms with Gasteiger partial charge in [0.15, 0.2) is 12.4 Å². The first-order valence-electron chi connectivity index (χ1n) is 3.41. The van der Waals surface area contributed by atoms with E-state index in [1.165, 1.54) is 5.56 Å². The first kappa shape index (κ1) is 10.6. The van der Waals surface area contributed by atoms with Crippen LogP contribution in [0.25, 0.3) is 6.08 Å². The van der Waals surface area contributed by atoms with Crippen molar-refractivity contribution in [3.8, 4) is 0 Å². The van der Waals surface area contributed by atoms with E-state index in [2.05, 4.69) is 18.2 Å². The lowest BCUT2D eigenvalue weighted by Crippen LogP contribution is -3.00. The third kappa shape index (κ3) is 3.51. The van der Waals surface area contributed by atoms with Gasteiger partial charge in [0.05, 0.1) is 0 Å². The first-order chi connectivity index (χ1) is 4.83. The number of rotatable bonds is 1. The third-order valence-electron chi connectivity index (χ3n) is 1.36. The number of aryl methyl sites for hydroxylation is 1. The summed E-state index contributed by atoms with van der Waals surface area (Å²) < 4.78 is 2.02. The van der Waals surface area contributed by atoms with E-state index in [4.69, 9.17) is 0 Å². The Hall–Kier alpha value is -0.380. The summed E-state index contributed by atoms with van der Waals surface area (Å²) in [4.78, 5) is 0. The van der Waals surface area contributed by atoms with Gasteiger partial charge < -0.3 is 24.0 Å². The monoisotopic (exact) mass is 261 g/mol. The zero-order valence-electron chi connectivity index (χ0n) is 6.79. The topological polar surface area (TPSA) is 3.88 Å². The van der Waals surface area contributed by atoms with Crippen LogP contribution in [0.1, 0.15) is 12.5 Å². The van der Waals surface area contributed by atoms with Crippen LogP contribution < -0.4 is 28.5 Å². The van der Waals surface area contributed by atoms with Crippen molar-refractivity contribution in [2.45, 2.75) is 6.92 Å². The Bertz CT molecular complexity index is 226. The Morgan fingerprint density at radius 2 is 1.82 bits per heavy atom. The molecule has 0 saturated carbocycles. The van der Waals surface area contributed by atoms with Crippen LogP contribution >= 0.6 is 0 Å².